The van der Waals surface area contributed by atoms with E-state index >= 15 is 0 Å². The summed E-state index contributed by atoms with van der Waals surface area (Å²) in [5, 5.41) is 0. The number of nitrogens with zero attached hydrogens (tertiary/aromatic N) is 1. The van der Waals surface area contributed by atoms with Gasteiger partial charge in [0.1, 0.15) is 0 Å². The smallest absolute Gasteiger partial charge is 0.394 e. The molecular weight excluding hydrogens is 305 g/mol. The second-order valence-electron chi connectivity index (χ2n) is 5.14. The van der Waals surface area contributed by atoms with Crippen molar-refractivity contribution in [3.05, 3.63) is 17.7 Å². The lowest BCUT2D eigenvalue weighted by molar-refractivity contribution is 0.297. The number of hydrogen-bond acceptors (Lipinski definition) is 6. The summed E-state index contributed by atoms with van der Waals surface area (Å²) in [7, 11) is 2.53. The van der Waals surface area contributed by atoms with Crippen LogP contribution in [0.25, 0.3) is 0 Å². The summed E-state index contributed by atoms with van der Waals surface area (Å²) >= 11 is 0. The van der Waals surface area contributed by atoms with E-state index in [1.165, 1.54) is 33.0 Å². The van der Waals surface area contributed by atoms with E-state index < -0.39 is 8.60 Å². The average Bonchev–Trinajstić information content (AvgIpc) is 3.06. The summed E-state index contributed by atoms with van der Waals surface area (Å²) < 4.78 is 20.9. The van der Waals surface area contributed by atoms with Crippen LogP contribution in [0.3, 0.4) is 0 Å². The van der Waals surface area contributed by atoms with Crippen LogP contribution >= 0.6 is 8.60 Å². The van der Waals surface area contributed by atoms with E-state index in [0.717, 1.165) is 18.5 Å². The zero-order valence-corrected chi connectivity index (χ0v) is 14.3. The Labute approximate surface area is 132 Å². The van der Waals surface area contributed by atoms with Gasteiger partial charge in [-0.3, -0.25) is 0 Å². The fraction of sp³-hybridized carbons (Fsp3) is 0.600. The molecule has 6 nitrogen and oxygen atoms in total. The molecule has 0 amide bonds. The molecule has 1 fully saturated rings. The van der Waals surface area contributed by atoms with E-state index in [2.05, 4.69) is 4.90 Å². The quantitative estimate of drug-likeness (QED) is 0.740. The highest BCUT2D eigenvalue weighted by Gasteiger charge is 2.19. The average molecular weight is 329 g/mol. The van der Waals surface area contributed by atoms with Crippen molar-refractivity contribution in [2.75, 3.05) is 41.0 Å². The van der Waals surface area contributed by atoms with E-state index in [1.807, 2.05) is 12.1 Å². The zero-order chi connectivity index (χ0) is 15.9. The maximum absolute atomic E-state index is 9.57. The van der Waals surface area contributed by atoms with Crippen molar-refractivity contribution in [1.82, 2.24) is 4.90 Å². The molecular formula is C15H24NO5P. The normalized spacial score (nSPS) is 16.5. The van der Waals surface area contributed by atoms with Crippen molar-refractivity contribution in [3.8, 4) is 17.2 Å². The fourth-order valence-electron chi connectivity index (χ4n) is 2.58. The zero-order valence-electron chi connectivity index (χ0n) is 13.4. The third kappa shape index (κ3) is 4.46. The summed E-state index contributed by atoms with van der Waals surface area (Å²) in [5.41, 5.74) is 1.12. The minimum atomic E-state index is -1.99. The summed E-state index contributed by atoms with van der Waals surface area (Å²) in [6, 6.07) is 3.85. The Balaban J connectivity index is 2.14. The molecule has 1 aromatic carbocycles. The molecule has 1 aliphatic heterocycles. The Kier molecular flexibility index (Phi) is 6.70. The van der Waals surface area contributed by atoms with Crippen molar-refractivity contribution >= 4 is 8.60 Å². The molecule has 0 radical (unpaired) electrons. The van der Waals surface area contributed by atoms with E-state index in [0.29, 0.717) is 17.2 Å². The van der Waals surface area contributed by atoms with Crippen molar-refractivity contribution < 1.29 is 23.4 Å². The molecule has 1 atom stereocenters. The summed E-state index contributed by atoms with van der Waals surface area (Å²) in [4.78, 5) is 12.0. The number of hydrogen-bond donors (Lipinski definition) is 1. The number of likely N-dealkylation sites (tertiary alicyclic amines) is 1. The van der Waals surface area contributed by atoms with Gasteiger partial charge in [0.25, 0.3) is 0 Å². The highest BCUT2D eigenvalue weighted by molar-refractivity contribution is 7.41. The third-order valence-corrected chi connectivity index (χ3v) is 4.41. The molecule has 1 aromatic rings. The van der Waals surface area contributed by atoms with Gasteiger partial charge >= 0.3 is 8.60 Å². The Morgan fingerprint density at radius 2 is 1.68 bits per heavy atom. The van der Waals surface area contributed by atoms with Crippen LogP contribution in [0.4, 0.5) is 0 Å². The lowest BCUT2D eigenvalue weighted by Crippen LogP contribution is -2.21. The van der Waals surface area contributed by atoms with E-state index in [1.54, 1.807) is 14.2 Å². The predicted octanol–water partition coefficient (Wildman–Crippen LogP) is 2.59. The van der Waals surface area contributed by atoms with Gasteiger partial charge in [0.2, 0.25) is 5.75 Å². The standard InChI is InChI=1S/C15H24NO5P/c1-18-13-10-12(6-9-16-7-4-5-8-16)11-14(19-2)15(13)21-22(17)20-3/h10-11,17H,4-9H2,1-3H3. The molecule has 1 aliphatic rings. The molecule has 0 saturated carbocycles. The van der Waals surface area contributed by atoms with E-state index in [-0.39, 0.29) is 0 Å². The van der Waals surface area contributed by atoms with Crippen molar-refractivity contribution in [1.29, 1.82) is 0 Å². The Morgan fingerprint density at radius 1 is 1.09 bits per heavy atom. The Morgan fingerprint density at radius 3 is 2.18 bits per heavy atom. The molecule has 0 spiro atoms. The van der Waals surface area contributed by atoms with Gasteiger partial charge in [-0.15, -0.1) is 0 Å². The maximum atomic E-state index is 9.57. The van der Waals surface area contributed by atoms with Crippen LogP contribution in [0.2, 0.25) is 0 Å². The van der Waals surface area contributed by atoms with Crippen LogP contribution in [0, 0.1) is 0 Å². The lowest BCUT2D eigenvalue weighted by Gasteiger charge is -2.18. The number of benzene rings is 1. The first-order valence-corrected chi connectivity index (χ1v) is 8.49. The van der Waals surface area contributed by atoms with Crippen molar-refractivity contribution in [2.45, 2.75) is 19.3 Å². The highest BCUT2D eigenvalue weighted by Crippen LogP contribution is 2.45. The van der Waals surface area contributed by atoms with Gasteiger partial charge < -0.3 is 28.3 Å². The molecule has 2 rings (SSSR count). The molecule has 1 N–H and O–H groups in total. The van der Waals surface area contributed by atoms with Crippen LogP contribution in [0.5, 0.6) is 17.2 Å². The summed E-state index contributed by atoms with van der Waals surface area (Å²) in [6.07, 6.45) is 3.50. The van der Waals surface area contributed by atoms with Crippen LogP contribution in [0.1, 0.15) is 18.4 Å². The van der Waals surface area contributed by atoms with Crippen LogP contribution in [-0.4, -0.2) is 50.8 Å². The van der Waals surface area contributed by atoms with Crippen molar-refractivity contribution in [2.24, 2.45) is 0 Å². The van der Waals surface area contributed by atoms with Gasteiger partial charge in [-0.2, -0.15) is 0 Å². The molecule has 1 heterocycles. The van der Waals surface area contributed by atoms with Gasteiger partial charge in [0, 0.05) is 13.7 Å². The third-order valence-electron chi connectivity index (χ3n) is 3.76. The second kappa shape index (κ2) is 8.53. The molecule has 0 aromatic heterocycles. The highest BCUT2D eigenvalue weighted by atomic mass is 31.2. The minimum Gasteiger partial charge on any atom is -0.493 e. The first-order valence-electron chi connectivity index (χ1n) is 7.36. The van der Waals surface area contributed by atoms with Crippen LogP contribution in [-0.2, 0) is 10.9 Å². The molecule has 1 unspecified atom stereocenters. The number of ether oxygens (including phenoxy) is 2. The molecule has 124 valence electrons. The van der Waals surface area contributed by atoms with Gasteiger partial charge in [-0.25, -0.2) is 0 Å². The van der Waals surface area contributed by atoms with Crippen LogP contribution < -0.4 is 14.0 Å². The first-order chi connectivity index (χ1) is 10.7. The minimum absolute atomic E-state index is 0.366. The monoisotopic (exact) mass is 329 g/mol. The summed E-state index contributed by atoms with van der Waals surface area (Å²) in [6.45, 7) is 3.38. The lowest BCUT2D eigenvalue weighted by atomic mass is 10.1. The number of methoxy groups -OCH3 is 2. The van der Waals surface area contributed by atoms with Crippen LogP contribution in [0.15, 0.2) is 12.1 Å². The fourth-order valence-corrected chi connectivity index (χ4v) is 2.99. The Hall–Kier alpha value is -1.07. The predicted molar refractivity (Wildman–Crippen MR) is 85.7 cm³/mol. The topological polar surface area (TPSA) is 60.4 Å². The van der Waals surface area contributed by atoms with Gasteiger partial charge in [-0.05, 0) is 50.0 Å². The Bertz CT molecular complexity index is 454. The molecule has 1 saturated heterocycles. The molecule has 7 heteroatoms. The second-order valence-corrected chi connectivity index (χ2v) is 6.16. The SMILES string of the molecule is COc1cc(CCN2CCCC2)cc(OC)c1OP(O)OC. The van der Waals surface area contributed by atoms with Gasteiger partial charge in [0.05, 0.1) is 14.2 Å². The molecule has 0 aliphatic carbocycles. The largest absolute Gasteiger partial charge is 0.493 e. The van der Waals surface area contributed by atoms with Gasteiger partial charge in [-0.1, -0.05) is 0 Å². The summed E-state index contributed by atoms with van der Waals surface area (Å²) in [5.74, 6) is 1.44. The van der Waals surface area contributed by atoms with Gasteiger partial charge in [0.15, 0.2) is 11.5 Å². The molecule has 22 heavy (non-hydrogen) atoms. The first kappa shape index (κ1) is 17.3. The number of rotatable bonds is 8. The maximum Gasteiger partial charge on any atom is 0.394 e. The van der Waals surface area contributed by atoms with E-state index in [4.69, 9.17) is 18.5 Å². The van der Waals surface area contributed by atoms with Crippen molar-refractivity contribution in [3.63, 3.8) is 0 Å². The molecule has 0 bridgehead atoms. The van der Waals surface area contributed by atoms with E-state index in [9.17, 15) is 4.89 Å².